The fourth-order valence-corrected chi connectivity index (χ4v) is 3.31. The summed E-state index contributed by atoms with van der Waals surface area (Å²) >= 11 is 0. The molecule has 2 aromatic carbocycles. The maximum atomic E-state index is 14.0. The number of benzene rings is 2. The highest BCUT2D eigenvalue weighted by atomic mass is 19.1. The summed E-state index contributed by atoms with van der Waals surface area (Å²) in [4.78, 5) is 12.9. The summed E-state index contributed by atoms with van der Waals surface area (Å²) in [5, 5.41) is 2.87. The van der Waals surface area contributed by atoms with E-state index in [9.17, 15) is 9.18 Å². The van der Waals surface area contributed by atoms with Gasteiger partial charge in [-0.2, -0.15) is 0 Å². The van der Waals surface area contributed by atoms with Gasteiger partial charge < -0.3 is 14.8 Å². The van der Waals surface area contributed by atoms with Gasteiger partial charge in [-0.25, -0.2) is 4.39 Å². The van der Waals surface area contributed by atoms with Gasteiger partial charge in [-0.05, 0) is 43.9 Å². The van der Waals surface area contributed by atoms with Gasteiger partial charge in [0.2, 0.25) is 5.91 Å². The molecule has 0 saturated carbocycles. The molecule has 0 aromatic heterocycles. The summed E-state index contributed by atoms with van der Waals surface area (Å²) in [6.45, 7) is 4.47. The van der Waals surface area contributed by atoms with Crippen LogP contribution >= 0.6 is 0 Å². The molecule has 1 fully saturated rings. The Hall–Kier alpha value is -2.40. The van der Waals surface area contributed by atoms with Crippen LogP contribution in [0.3, 0.4) is 0 Å². The first-order valence-corrected chi connectivity index (χ1v) is 8.82. The molecule has 2 atom stereocenters. The maximum Gasteiger partial charge on any atom is 0.230 e. The molecular weight excluding hydrogens is 333 g/mol. The number of hydrogen-bond acceptors (Lipinski definition) is 3. The fraction of sp³-hybridized carbons (Fsp3) is 0.381. The lowest BCUT2D eigenvalue weighted by Gasteiger charge is -2.31. The zero-order valence-corrected chi connectivity index (χ0v) is 15.3. The number of hydrogen-bond donors (Lipinski definition) is 1. The lowest BCUT2D eigenvalue weighted by molar-refractivity contribution is -0.129. The molecule has 0 unspecified atom stereocenters. The minimum absolute atomic E-state index is 0.150. The third-order valence-electron chi connectivity index (χ3n) is 4.82. The number of aryl methyl sites for hydroxylation is 2. The van der Waals surface area contributed by atoms with E-state index in [4.69, 9.17) is 9.47 Å². The van der Waals surface area contributed by atoms with E-state index >= 15 is 0 Å². The molecule has 1 heterocycles. The summed E-state index contributed by atoms with van der Waals surface area (Å²) in [6.07, 6.45) is 1.28. The Morgan fingerprint density at radius 2 is 1.96 bits per heavy atom. The number of rotatable bonds is 4. The van der Waals surface area contributed by atoms with Crippen molar-refractivity contribution >= 4 is 11.6 Å². The van der Waals surface area contributed by atoms with Crippen molar-refractivity contribution in [2.45, 2.75) is 32.8 Å². The molecule has 26 heavy (non-hydrogen) atoms. The molecule has 1 aliphatic heterocycles. The largest absolute Gasteiger partial charge is 0.494 e. The highest BCUT2D eigenvalue weighted by molar-refractivity contribution is 5.94. The van der Waals surface area contributed by atoms with Gasteiger partial charge in [0.25, 0.3) is 0 Å². The normalized spacial score (nSPS) is 19.8. The second kappa shape index (κ2) is 7.87. The van der Waals surface area contributed by atoms with Crippen molar-refractivity contribution in [1.29, 1.82) is 0 Å². The summed E-state index contributed by atoms with van der Waals surface area (Å²) in [5.74, 6) is -0.790. The molecule has 0 bridgehead atoms. The van der Waals surface area contributed by atoms with Crippen LogP contribution in [0.15, 0.2) is 36.4 Å². The van der Waals surface area contributed by atoms with E-state index in [0.717, 1.165) is 29.5 Å². The van der Waals surface area contributed by atoms with Gasteiger partial charge in [0.15, 0.2) is 11.6 Å². The molecule has 1 N–H and O–H groups in total. The van der Waals surface area contributed by atoms with Crippen LogP contribution in [0.1, 0.15) is 35.6 Å². The first-order chi connectivity index (χ1) is 12.5. The van der Waals surface area contributed by atoms with Crippen LogP contribution in [0, 0.1) is 25.6 Å². The highest BCUT2D eigenvalue weighted by Gasteiger charge is 2.33. The van der Waals surface area contributed by atoms with Crippen LogP contribution in [0.25, 0.3) is 0 Å². The van der Waals surface area contributed by atoms with Crippen LogP contribution in [-0.4, -0.2) is 19.6 Å². The van der Waals surface area contributed by atoms with E-state index in [1.807, 2.05) is 38.1 Å². The van der Waals surface area contributed by atoms with E-state index < -0.39 is 5.82 Å². The summed E-state index contributed by atoms with van der Waals surface area (Å²) < 4.78 is 24.9. The number of anilines is 1. The Balaban J connectivity index is 1.81. The molecular formula is C21H24FNO3. The minimum atomic E-state index is -0.497. The maximum absolute atomic E-state index is 14.0. The molecule has 1 saturated heterocycles. The van der Waals surface area contributed by atoms with Gasteiger partial charge in [0.05, 0.1) is 19.1 Å². The zero-order valence-electron chi connectivity index (χ0n) is 15.3. The average molecular weight is 357 g/mol. The van der Waals surface area contributed by atoms with Crippen LogP contribution in [0.4, 0.5) is 10.1 Å². The first-order valence-electron chi connectivity index (χ1n) is 8.82. The number of amides is 1. The molecule has 4 nitrogen and oxygen atoms in total. The number of carbonyl (C=O) groups excluding carboxylic acids is 1. The Bertz CT molecular complexity index is 789. The molecule has 5 heteroatoms. The van der Waals surface area contributed by atoms with E-state index in [1.165, 1.54) is 13.2 Å². The smallest absolute Gasteiger partial charge is 0.230 e. The summed E-state index contributed by atoms with van der Waals surface area (Å²) in [7, 11) is 1.42. The van der Waals surface area contributed by atoms with Gasteiger partial charge in [-0.1, -0.05) is 29.8 Å². The molecule has 1 amide bonds. The minimum Gasteiger partial charge on any atom is -0.494 e. The van der Waals surface area contributed by atoms with Crippen molar-refractivity contribution in [1.82, 2.24) is 0 Å². The van der Waals surface area contributed by atoms with Crippen LogP contribution in [-0.2, 0) is 9.53 Å². The van der Waals surface area contributed by atoms with Gasteiger partial charge in [0, 0.05) is 18.4 Å². The Kier molecular flexibility index (Phi) is 5.57. The van der Waals surface area contributed by atoms with Crippen molar-refractivity contribution in [2.75, 3.05) is 19.0 Å². The lowest BCUT2D eigenvalue weighted by atomic mass is 9.88. The standard InChI is InChI=1S/C21H24FNO3/c1-13-6-8-15(9-7-13)20-16(5-4-10-26-20)21(24)23-18-12-17(22)19(25-3)11-14(18)2/h6-9,11-12,16,20H,4-5,10H2,1-3H3,(H,23,24)/t16-,20+/m1/s1. The fourth-order valence-electron chi connectivity index (χ4n) is 3.31. The third-order valence-corrected chi connectivity index (χ3v) is 4.82. The molecule has 1 aliphatic rings. The van der Waals surface area contributed by atoms with Crippen LogP contribution in [0.2, 0.25) is 0 Å². The average Bonchev–Trinajstić information content (AvgIpc) is 2.65. The number of halogens is 1. The summed E-state index contributed by atoms with van der Waals surface area (Å²) in [5.41, 5.74) is 3.37. The first kappa shape index (κ1) is 18.4. The lowest BCUT2D eigenvalue weighted by Crippen LogP contribution is -2.33. The van der Waals surface area contributed by atoms with E-state index in [2.05, 4.69) is 5.32 Å². The molecule has 138 valence electrons. The Morgan fingerprint density at radius 3 is 2.65 bits per heavy atom. The predicted molar refractivity (Wildman–Crippen MR) is 98.9 cm³/mol. The van der Waals surface area contributed by atoms with Gasteiger partial charge >= 0.3 is 0 Å². The van der Waals surface area contributed by atoms with Crippen molar-refractivity contribution in [3.63, 3.8) is 0 Å². The van der Waals surface area contributed by atoms with Crippen LogP contribution in [0.5, 0.6) is 5.75 Å². The molecule has 2 aromatic rings. The second-order valence-electron chi connectivity index (χ2n) is 6.74. The number of ether oxygens (including phenoxy) is 2. The van der Waals surface area contributed by atoms with E-state index in [0.29, 0.717) is 12.3 Å². The Labute approximate surface area is 153 Å². The van der Waals surface area contributed by atoms with Crippen molar-refractivity contribution < 1.29 is 18.7 Å². The topological polar surface area (TPSA) is 47.6 Å². The van der Waals surface area contributed by atoms with E-state index in [-0.39, 0.29) is 23.7 Å². The number of methoxy groups -OCH3 is 1. The Morgan fingerprint density at radius 1 is 1.23 bits per heavy atom. The second-order valence-corrected chi connectivity index (χ2v) is 6.74. The third kappa shape index (κ3) is 3.88. The van der Waals surface area contributed by atoms with Crippen molar-refractivity contribution in [3.8, 4) is 5.75 Å². The quantitative estimate of drug-likeness (QED) is 0.873. The molecule has 0 radical (unpaired) electrons. The number of nitrogens with one attached hydrogen (secondary N) is 1. The van der Waals surface area contributed by atoms with Gasteiger partial charge in [0.1, 0.15) is 0 Å². The highest BCUT2D eigenvalue weighted by Crippen LogP contribution is 2.35. The monoisotopic (exact) mass is 357 g/mol. The predicted octanol–water partition coefficient (Wildman–Crippen LogP) is 4.56. The number of carbonyl (C=O) groups is 1. The van der Waals surface area contributed by atoms with Gasteiger partial charge in [-0.15, -0.1) is 0 Å². The molecule has 0 aliphatic carbocycles. The molecule has 3 rings (SSSR count). The van der Waals surface area contributed by atoms with E-state index in [1.54, 1.807) is 6.07 Å². The SMILES string of the molecule is COc1cc(C)c(NC(=O)[C@@H]2CCCO[C@H]2c2ccc(C)cc2)cc1F. The molecule has 0 spiro atoms. The van der Waals surface area contributed by atoms with Crippen LogP contribution < -0.4 is 10.1 Å². The summed E-state index contributed by atoms with van der Waals surface area (Å²) in [6, 6.07) is 10.9. The zero-order chi connectivity index (χ0) is 18.7. The van der Waals surface area contributed by atoms with Crippen molar-refractivity contribution in [2.24, 2.45) is 5.92 Å². The van der Waals surface area contributed by atoms with Gasteiger partial charge in [-0.3, -0.25) is 4.79 Å². The van der Waals surface area contributed by atoms with Crippen molar-refractivity contribution in [3.05, 3.63) is 58.9 Å².